The average Bonchev–Trinajstić information content (AvgIpc) is 2.58. The molecule has 0 heterocycles. The molecule has 3 nitrogen and oxygen atoms in total. The first-order valence-corrected chi connectivity index (χ1v) is 7.83. The lowest BCUT2D eigenvalue weighted by Crippen LogP contribution is -2.28. The number of hydrogen-bond acceptors (Lipinski definition) is 2. The summed E-state index contributed by atoms with van der Waals surface area (Å²) in [6.45, 7) is 8.17. The van der Waals surface area contributed by atoms with Crippen LogP contribution in [0.5, 0.6) is 5.75 Å². The molecule has 1 atom stereocenters. The number of para-hydroxylation sites is 1. The van der Waals surface area contributed by atoms with Crippen LogP contribution < -0.4 is 10.1 Å². The highest BCUT2D eigenvalue weighted by Crippen LogP contribution is 2.21. The Kier molecular flexibility index (Phi) is 5.98. The van der Waals surface area contributed by atoms with Crippen LogP contribution in [0.1, 0.15) is 42.2 Å². The normalized spacial score (nSPS) is 11.6. The molecular formula is C20H23NO2. The molecule has 2 aromatic rings. The van der Waals surface area contributed by atoms with Crippen LogP contribution >= 0.6 is 0 Å². The minimum absolute atomic E-state index is 0.0158. The fourth-order valence-corrected chi connectivity index (χ4v) is 2.32. The lowest BCUT2D eigenvalue weighted by Gasteiger charge is -2.18. The first kappa shape index (κ1) is 16.8. The van der Waals surface area contributed by atoms with E-state index in [1.807, 2.05) is 49.4 Å². The van der Waals surface area contributed by atoms with Gasteiger partial charge in [0, 0.05) is 0 Å². The van der Waals surface area contributed by atoms with E-state index >= 15 is 0 Å². The molecule has 2 aromatic carbocycles. The van der Waals surface area contributed by atoms with Crippen molar-refractivity contribution in [2.45, 2.75) is 26.3 Å². The van der Waals surface area contributed by atoms with Crippen molar-refractivity contribution >= 4 is 5.91 Å². The summed E-state index contributed by atoms with van der Waals surface area (Å²) in [5, 5.41) is 3.09. The number of carbonyl (C=O) groups excluding carboxylic acids is 1. The SMILES string of the molecule is C=C(C)COc1ccccc1C(=O)NC(CC)c1ccccc1. The van der Waals surface area contributed by atoms with E-state index < -0.39 is 0 Å². The Bertz CT molecular complexity index is 664. The molecule has 3 heteroatoms. The maximum Gasteiger partial charge on any atom is 0.255 e. The number of amides is 1. The molecule has 0 saturated heterocycles. The first-order valence-electron chi connectivity index (χ1n) is 7.83. The maximum atomic E-state index is 12.6. The molecular weight excluding hydrogens is 286 g/mol. The first-order chi connectivity index (χ1) is 11.1. The molecule has 1 amide bonds. The van der Waals surface area contributed by atoms with Crippen LogP contribution in [0.4, 0.5) is 0 Å². The maximum absolute atomic E-state index is 12.6. The van der Waals surface area contributed by atoms with Gasteiger partial charge in [-0.15, -0.1) is 0 Å². The predicted molar refractivity (Wildman–Crippen MR) is 93.7 cm³/mol. The van der Waals surface area contributed by atoms with Gasteiger partial charge in [-0.3, -0.25) is 4.79 Å². The fraction of sp³-hybridized carbons (Fsp3) is 0.250. The monoisotopic (exact) mass is 309 g/mol. The van der Waals surface area contributed by atoms with E-state index in [-0.39, 0.29) is 11.9 Å². The molecule has 0 saturated carbocycles. The Balaban J connectivity index is 2.15. The van der Waals surface area contributed by atoms with Crippen molar-refractivity contribution in [1.29, 1.82) is 0 Å². The molecule has 1 N–H and O–H groups in total. The Morgan fingerprint density at radius 3 is 2.43 bits per heavy atom. The predicted octanol–water partition coefficient (Wildman–Crippen LogP) is 4.52. The summed E-state index contributed by atoms with van der Waals surface area (Å²) in [5.41, 5.74) is 2.56. The van der Waals surface area contributed by atoms with Crippen molar-refractivity contribution in [2.75, 3.05) is 6.61 Å². The molecule has 2 rings (SSSR count). The van der Waals surface area contributed by atoms with E-state index in [4.69, 9.17) is 4.74 Å². The molecule has 0 aliphatic rings. The number of ether oxygens (including phenoxy) is 1. The third-order valence-corrected chi connectivity index (χ3v) is 3.52. The zero-order valence-corrected chi connectivity index (χ0v) is 13.7. The highest BCUT2D eigenvalue weighted by Gasteiger charge is 2.17. The summed E-state index contributed by atoms with van der Waals surface area (Å²) >= 11 is 0. The number of nitrogens with one attached hydrogen (secondary N) is 1. The molecule has 0 spiro atoms. The number of carbonyl (C=O) groups is 1. The van der Waals surface area contributed by atoms with Crippen LogP contribution in [0, 0.1) is 0 Å². The highest BCUT2D eigenvalue weighted by atomic mass is 16.5. The smallest absolute Gasteiger partial charge is 0.255 e. The van der Waals surface area contributed by atoms with E-state index in [1.54, 1.807) is 12.1 Å². The highest BCUT2D eigenvalue weighted by molar-refractivity contribution is 5.97. The zero-order chi connectivity index (χ0) is 16.7. The lowest BCUT2D eigenvalue weighted by atomic mass is 10.0. The minimum atomic E-state index is -0.127. The van der Waals surface area contributed by atoms with Crippen molar-refractivity contribution < 1.29 is 9.53 Å². The van der Waals surface area contributed by atoms with E-state index in [1.165, 1.54) is 0 Å². The standard InChI is InChI=1S/C20H23NO2/c1-4-18(16-10-6-5-7-11-16)21-20(22)17-12-8-9-13-19(17)23-14-15(2)3/h5-13,18H,2,4,14H2,1,3H3,(H,21,22). The van der Waals surface area contributed by atoms with Gasteiger partial charge >= 0.3 is 0 Å². The molecule has 0 radical (unpaired) electrons. The van der Waals surface area contributed by atoms with Gasteiger partial charge in [0.25, 0.3) is 5.91 Å². The molecule has 0 aliphatic carbocycles. The third-order valence-electron chi connectivity index (χ3n) is 3.52. The Hall–Kier alpha value is -2.55. The minimum Gasteiger partial charge on any atom is -0.488 e. The Morgan fingerprint density at radius 2 is 1.78 bits per heavy atom. The molecule has 0 fully saturated rings. The van der Waals surface area contributed by atoms with Crippen LogP contribution in [-0.4, -0.2) is 12.5 Å². The summed E-state index contributed by atoms with van der Waals surface area (Å²) in [6.07, 6.45) is 0.824. The molecule has 0 bridgehead atoms. The van der Waals surface area contributed by atoms with Gasteiger partial charge < -0.3 is 10.1 Å². The molecule has 0 aliphatic heterocycles. The number of rotatable bonds is 7. The average molecular weight is 309 g/mol. The summed E-state index contributed by atoms with van der Waals surface area (Å²) in [6, 6.07) is 17.3. The van der Waals surface area contributed by atoms with Gasteiger partial charge in [0.1, 0.15) is 12.4 Å². The molecule has 120 valence electrons. The second-order valence-electron chi connectivity index (χ2n) is 5.59. The van der Waals surface area contributed by atoms with E-state index in [2.05, 4.69) is 18.8 Å². The second kappa shape index (κ2) is 8.18. The van der Waals surface area contributed by atoms with Crippen molar-refractivity contribution in [3.63, 3.8) is 0 Å². The lowest BCUT2D eigenvalue weighted by molar-refractivity contribution is 0.0932. The van der Waals surface area contributed by atoms with Gasteiger partial charge in [0.2, 0.25) is 0 Å². The van der Waals surface area contributed by atoms with Crippen LogP contribution in [-0.2, 0) is 0 Å². The zero-order valence-electron chi connectivity index (χ0n) is 13.7. The summed E-state index contributed by atoms with van der Waals surface area (Å²) < 4.78 is 5.68. The van der Waals surface area contributed by atoms with Crippen molar-refractivity contribution in [3.8, 4) is 5.75 Å². The topological polar surface area (TPSA) is 38.3 Å². The quantitative estimate of drug-likeness (QED) is 0.764. The van der Waals surface area contributed by atoms with Gasteiger partial charge in [-0.1, -0.05) is 56.0 Å². The Labute approximate surface area is 138 Å². The van der Waals surface area contributed by atoms with Crippen molar-refractivity contribution in [1.82, 2.24) is 5.32 Å². The molecule has 23 heavy (non-hydrogen) atoms. The Morgan fingerprint density at radius 1 is 1.13 bits per heavy atom. The van der Waals surface area contributed by atoms with Crippen LogP contribution in [0.3, 0.4) is 0 Å². The second-order valence-corrected chi connectivity index (χ2v) is 5.59. The van der Waals surface area contributed by atoms with Crippen molar-refractivity contribution in [3.05, 3.63) is 77.9 Å². The third kappa shape index (κ3) is 4.71. The summed E-state index contributed by atoms with van der Waals surface area (Å²) in [4.78, 5) is 12.6. The summed E-state index contributed by atoms with van der Waals surface area (Å²) in [7, 11) is 0. The van der Waals surface area contributed by atoms with Crippen molar-refractivity contribution in [2.24, 2.45) is 0 Å². The molecule has 0 aromatic heterocycles. The number of benzene rings is 2. The van der Waals surface area contributed by atoms with Gasteiger partial charge in [-0.25, -0.2) is 0 Å². The van der Waals surface area contributed by atoms with E-state index in [9.17, 15) is 4.79 Å². The van der Waals surface area contributed by atoms with Gasteiger partial charge in [-0.05, 0) is 36.6 Å². The molecule has 1 unspecified atom stereocenters. The number of hydrogen-bond donors (Lipinski definition) is 1. The van der Waals surface area contributed by atoms with Gasteiger partial charge in [-0.2, -0.15) is 0 Å². The van der Waals surface area contributed by atoms with Crippen LogP contribution in [0.15, 0.2) is 66.7 Å². The fourth-order valence-electron chi connectivity index (χ4n) is 2.32. The van der Waals surface area contributed by atoms with Gasteiger partial charge in [0.15, 0.2) is 0 Å². The van der Waals surface area contributed by atoms with Gasteiger partial charge in [0.05, 0.1) is 11.6 Å². The van der Waals surface area contributed by atoms with E-state index in [0.29, 0.717) is 17.9 Å². The van der Waals surface area contributed by atoms with E-state index in [0.717, 1.165) is 17.6 Å². The largest absolute Gasteiger partial charge is 0.488 e. The van der Waals surface area contributed by atoms with Crippen LogP contribution in [0.25, 0.3) is 0 Å². The van der Waals surface area contributed by atoms with Crippen LogP contribution in [0.2, 0.25) is 0 Å². The summed E-state index contributed by atoms with van der Waals surface area (Å²) in [5.74, 6) is 0.453.